The zero-order valence-electron chi connectivity index (χ0n) is 24.3. The van der Waals surface area contributed by atoms with Crippen LogP contribution in [0.5, 0.6) is 0 Å². The number of nitrogens with two attached hydrogens (primary N) is 1. The first-order valence-electron chi connectivity index (χ1n) is 14.9. The van der Waals surface area contributed by atoms with Crippen molar-refractivity contribution in [3.8, 4) is 0 Å². The zero-order chi connectivity index (χ0) is 29.1. The monoisotopic (exact) mass is 571 g/mol. The topological polar surface area (TPSA) is 117 Å². The summed E-state index contributed by atoms with van der Waals surface area (Å²) < 4.78 is 28.7. The molecule has 4 aliphatic heterocycles. The Labute approximate surface area is 241 Å². The Morgan fingerprint density at radius 1 is 1.20 bits per heavy atom. The van der Waals surface area contributed by atoms with Crippen molar-refractivity contribution in [3.63, 3.8) is 0 Å². The number of nitrogens with one attached hydrogen (secondary N) is 2. The average molecular weight is 572 g/mol. The average Bonchev–Trinajstić information content (AvgIpc) is 2.94. The lowest BCUT2D eigenvalue weighted by Crippen LogP contribution is -2.72. The minimum Gasteiger partial charge on any atom is -0.404 e. The van der Waals surface area contributed by atoms with Crippen molar-refractivity contribution < 1.29 is 19.3 Å². The second kappa shape index (κ2) is 12.9. The number of likely N-dealkylation sites (tertiary alicyclic amines) is 1. The van der Waals surface area contributed by atoms with Crippen molar-refractivity contribution in [2.75, 3.05) is 57.8 Å². The summed E-state index contributed by atoms with van der Waals surface area (Å²) in [6.07, 6.45) is 4.48. The van der Waals surface area contributed by atoms with Crippen LogP contribution in [-0.2, 0) is 11.2 Å². The molecule has 0 aromatic heterocycles. The molecule has 1 atom stereocenters. The van der Waals surface area contributed by atoms with Crippen LogP contribution in [0.3, 0.4) is 0 Å². The number of aryl methyl sites for hydroxylation is 1. The van der Waals surface area contributed by atoms with Gasteiger partial charge in [0, 0.05) is 112 Å². The maximum Gasteiger partial charge on any atom is 0.264 e. The van der Waals surface area contributed by atoms with Gasteiger partial charge in [0.2, 0.25) is 5.91 Å². The van der Waals surface area contributed by atoms with Crippen molar-refractivity contribution in [2.24, 2.45) is 10.7 Å². The molecule has 0 radical (unpaired) electrons. The van der Waals surface area contributed by atoms with Crippen LogP contribution >= 0.6 is 0 Å². The Morgan fingerprint density at radius 3 is 2.56 bits per heavy atom. The van der Waals surface area contributed by atoms with Gasteiger partial charge in [0.05, 0.1) is 6.54 Å². The van der Waals surface area contributed by atoms with Crippen molar-refractivity contribution in [2.45, 2.75) is 63.7 Å². The van der Waals surface area contributed by atoms with Crippen molar-refractivity contribution in [1.82, 2.24) is 20.4 Å². The molecule has 9 nitrogen and oxygen atoms in total. The molecular formula is C30H45F2N8O+. The molecule has 0 bridgehead atoms. The van der Waals surface area contributed by atoms with Gasteiger partial charge in [0.15, 0.2) is 6.17 Å². The van der Waals surface area contributed by atoms with E-state index < -0.39 is 6.43 Å². The lowest BCUT2D eigenvalue weighted by atomic mass is 9.91. The van der Waals surface area contributed by atoms with Gasteiger partial charge in [0.25, 0.3) is 6.43 Å². The second-order valence-electron chi connectivity index (χ2n) is 11.7. The van der Waals surface area contributed by atoms with Crippen LogP contribution < -0.4 is 27.0 Å². The summed E-state index contributed by atoms with van der Waals surface area (Å²) in [6, 6.07) is 4.50. The minimum absolute atomic E-state index is 0.0403. The number of rotatable bonds is 8. The number of aliphatic imine (C=N–C) groups is 1. The number of nitrogens with zero attached hydrogens (tertiary/aromatic N) is 4. The molecule has 4 heterocycles. The number of hydrogen-bond donors (Lipinski definition) is 4. The van der Waals surface area contributed by atoms with Crippen LogP contribution in [0, 0.1) is 0 Å². The van der Waals surface area contributed by atoms with E-state index in [0.29, 0.717) is 42.9 Å². The van der Waals surface area contributed by atoms with E-state index in [2.05, 4.69) is 31.2 Å². The summed E-state index contributed by atoms with van der Waals surface area (Å²) in [5.74, 6) is 0.0403. The maximum atomic E-state index is 14.4. The number of amides is 1. The molecule has 1 unspecified atom stereocenters. The lowest BCUT2D eigenvalue weighted by Gasteiger charge is -2.43. The second-order valence-corrected chi connectivity index (χ2v) is 11.7. The van der Waals surface area contributed by atoms with E-state index in [4.69, 9.17) is 5.73 Å². The van der Waals surface area contributed by atoms with Gasteiger partial charge in [-0.3, -0.25) is 14.7 Å². The Balaban J connectivity index is 1.43. The Morgan fingerprint density at radius 2 is 1.95 bits per heavy atom. The number of allylic oxidation sites excluding steroid dienone is 1. The molecule has 2 saturated heterocycles. The van der Waals surface area contributed by atoms with E-state index in [1.54, 1.807) is 20.0 Å². The molecule has 5 rings (SSSR count). The molecule has 7 N–H and O–H groups in total. The normalized spacial score (nSPS) is 22.3. The van der Waals surface area contributed by atoms with Crippen LogP contribution in [0.15, 0.2) is 34.6 Å². The summed E-state index contributed by atoms with van der Waals surface area (Å²) in [4.78, 5) is 23.0. The number of benzene rings is 1. The van der Waals surface area contributed by atoms with E-state index in [1.807, 2.05) is 11.0 Å². The largest absolute Gasteiger partial charge is 0.404 e. The molecule has 0 saturated carbocycles. The highest BCUT2D eigenvalue weighted by atomic mass is 19.3. The molecule has 4 aliphatic rings. The number of fused-ring (bicyclic) bond motifs is 1. The summed E-state index contributed by atoms with van der Waals surface area (Å²) in [7, 11) is 1.60. The van der Waals surface area contributed by atoms with Crippen molar-refractivity contribution >= 4 is 23.4 Å². The molecule has 1 aromatic carbocycles. The van der Waals surface area contributed by atoms with Crippen LogP contribution in [-0.4, -0.2) is 93.0 Å². The number of carbonyl (C=O) groups excluding carboxylic acids is 1. The number of piperidine rings is 1. The zero-order valence-corrected chi connectivity index (χ0v) is 24.3. The highest BCUT2D eigenvalue weighted by Gasteiger charge is 2.35. The quantitative estimate of drug-likeness (QED) is 0.352. The molecular weight excluding hydrogens is 526 g/mol. The molecule has 0 aliphatic carbocycles. The van der Waals surface area contributed by atoms with Crippen LogP contribution in [0.25, 0.3) is 5.57 Å². The number of carbonyl (C=O) groups is 1. The number of alkyl halides is 2. The first-order chi connectivity index (χ1) is 19.8. The fourth-order valence-corrected chi connectivity index (χ4v) is 6.68. The predicted molar refractivity (Wildman–Crippen MR) is 159 cm³/mol. The Kier molecular flexibility index (Phi) is 9.25. The lowest BCUT2D eigenvalue weighted by molar-refractivity contribution is -0.407. The van der Waals surface area contributed by atoms with Gasteiger partial charge in [-0.1, -0.05) is 0 Å². The Bertz CT molecular complexity index is 1200. The van der Waals surface area contributed by atoms with E-state index in [1.165, 1.54) is 12.4 Å². The molecule has 11 heteroatoms. The van der Waals surface area contributed by atoms with Crippen molar-refractivity contribution in [1.29, 1.82) is 0 Å². The van der Waals surface area contributed by atoms with Crippen LogP contribution in [0.1, 0.15) is 55.7 Å². The Hall–Kier alpha value is -3.02. The highest BCUT2D eigenvalue weighted by molar-refractivity contribution is 6.10. The van der Waals surface area contributed by atoms with Gasteiger partial charge in [-0.05, 0) is 48.9 Å². The fraction of sp³-hybridized carbons (Fsp3) is 0.600. The van der Waals surface area contributed by atoms with Gasteiger partial charge < -0.3 is 31.9 Å². The summed E-state index contributed by atoms with van der Waals surface area (Å²) in [6.45, 7) is 7.82. The SMILES string of the molecule is CN=C/C(=C\N)c1cc2c(cc1C(F)F)N(C([NH3+])C1=C(NC3CCN(C4CNC4)CC3)CCN(C(C)=O)C1)CCC2. The predicted octanol–water partition coefficient (Wildman–Crippen LogP) is 1.48. The highest BCUT2D eigenvalue weighted by Crippen LogP contribution is 2.38. The standard InChI is InChI=1S/C30H44F2N8O/c1-19(41)39-11-7-27(37-22-5-9-38(10-6-22)23-16-36-17-23)26(18-39)30(34)40-8-3-4-20-12-24(21(14-33)15-35-2)25(29(31)32)13-28(20)40/h12-15,22-23,29-30,36-37H,3-11,16-18,33-34H2,1-2H3/p+1/b21-14+,35-15?. The smallest absolute Gasteiger partial charge is 0.264 e. The van der Waals surface area contributed by atoms with E-state index in [9.17, 15) is 13.6 Å². The maximum absolute atomic E-state index is 14.4. The van der Waals surface area contributed by atoms with Crippen molar-refractivity contribution in [3.05, 3.63) is 46.3 Å². The molecule has 0 spiro atoms. The third-order valence-electron chi connectivity index (χ3n) is 9.19. The molecule has 2 fully saturated rings. The first kappa shape index (κ1) is 29.5. The minimum atomic E-state index is -2.66. The number of hydrogen-bond acceptors (Lipinski definition) is 7. The summed E-state index contributed by atoms with van der Waals surface area (Å²) in [5.41, 5.74) is 15.3. The van der Waals surface area contributed by atoms with Crippen LogP contribution in [0.2, 0.25) is 0 Å². The summed E-state index contributed by atoms with van der Waals surface area (Å²) in [5, 5.41) is 7.23. The fourth-order valence-electron chi connectivity index (χ4n) is 6.68. The number of quaternary nitrogens is 1. The van der Waals surface area contributed by atoms with Gasteiger partial charge in [-0.2, -0.15) is 0 Å². The number of anilines is 1. The third-order valence-corrected chi connectivity index (χ3v) is 9.19. The molecule has 1 aromatic rings. The van der Waals surface area contributed by atoms with E-state index in [0.717, 1.165) is 80.8 Å². The van der Waals surface area contributed by atoms with E-state index >= 15 is 0 Å². The van der Waals surface area contributed by atoms with Gasteiger partial charge >= 0.3 is 0 Å². The third kappa shape index (κ3) is 6.27. The summed E-state index contributed by atoms with van der Waals surface area (Å²) >= 11 is 0. The van der Waals surface area contributed by atoms with E-state index in [-0.39, 0.29) is 17.6 Å². The molecule has 224 valence electrons. The molecule has 1 amide bonds. The van der Waals surface area contributed by atoms with Gasteiger partial charge in [0.1, 0.15) is 0 Å². The van der Waals surface area contributed by atoms with Gasteiger partial charge in [-0.15, -0.1) is 0 Å². The van der Waals surface area contributed by atoms with Gasteiger partial charge in [-0.25, -0.2) is 8.78 Å². The first-order valence-corrected chi connectivity index (χ1v) is 14.9. The number of halogens is 2. The molecule has 41 heavy (non-hydrogen) atoms. The van der Waals surface area contributed by atoms with Crippen LogP contribution in [0.4, 0.5) is 14.5 Å².